The number of rotatable bonds is 5. The van der Waals surface area contributed by atoms with Gasteiger partial charge in [0.05, 0.1) is 0 Å². The van der Waals surface area contributed by atoms with Gasteiger partial charge in [-0.05, 0) is 46.5 Å². The van der Waals surface area contributed by atoms with E-state index in [0.717, 1.165) is 11.8 Å². The highest BCUT2D eigenvalue weighted by Gasteiger charge is 2.17. The van der Waals surface area contributed by atoms with Crippen LogP contribution in [-0.4, -0.2) is 11.3 Å². The summed E-state index contributed by atoms with van der Waals surface area (Å²) < 4.78 is 1.25. The van der Waals surface area contributed by atoms with Gasteiger partial charge in [-0.15, -0.1) is 11.8 Å². The zero-order valence-corrected chi connectivity index (χ0v) is 13.6. The second kappa shape index (κ2) is 6.97. The molecule has 1 fully saturated rings. The lowest BCUT2D eigenvalue weighted by Crippen LogP contribution is -2.21. The minimum absolute atomic E-state index is 0.538. The molecule has 0 saturated heterocycles. The predicted molar refractivity (Wildman–Crippen MR) is 84.2 cm³/mol. The van der Waals surface area contributed by atoms with Crippen molar-refractivity contribution in [2.45, 2.75) is 62.3 Å². The molecule has 0 aliphatic heterocycles. The van der Waals surface area contributed by atoms with Gasteiger partial charge < -0.3 is 5.32 Å². The molecule has 1 aromatic carbocycles. The first-order valence-electron chi connectivity index (χ1n) is 6.83. The van der Waals surface area contributed by atoms with Crippen LogP contribution in [0, 0.1) is 0 Å². The van der Waals surface area contributed by atoms with Crippen LogP contribution >= 0.6 is 27.7 Å². The topological polar surface area (TPSA) is 12.0 Å². The van der Waals surface area contributed by atoms with E-state index in [4.69, 9.17) is 0 Å². The van der Waals surface area contributed by atoms with Crippen molar-refractivity contribution in [2.24, 2.45) is 0 Å². The third-order valence-electron chi connectivity index (χ3n) is 3.31. The van der Waals surface area contributed by atoms with Crippen molar-refractivity contribution < 1.29 is 0 Å². The van der Waals surface area contributed by atoms with Gasteiger partial charge >= 0.3 is 0 Å². The van der Waals surface area contributed by atoms with E-state index < -0.39 is 0 Å². The Kier molecular flexibility index (Phi) is 5.58. The highest BCUT2D eigenvalue weighted by molar-refractivity contribution is 9.10. The van der Waals surface area contributed by atoms with E-state index in [0.29, 0.717) is 6.04 Å². The summed E-state index contributed by atoms with van der Waals surface area (Å²) in [7, 11) is 0. The number of thioether (sulfide) groups is 1. The van der Waals surface area contributed by atoms with E-state index in [1.165, 1.54) is 40.6 Å². The van der Waals surface area contributed by atoms with Crippen LogP contribution < -0.4 is 5.32 Å². The molecule has 1 aliphatic carbocycles. The molecule has 0 radical (unpaired) electrons. The maximum Gasteiger partial charge on any atom is 0.0314 e. The van der Waals surface area contributed by atoms with E-state index >= 15 is 0 Å². The molecule has 2 rings (SSSR count). The van der Waals surface area contributed by atoms with Crippen LogP contribution in [0.25, 0.3) is 0 Å². The fourth-order valence-corrected chi connectivity index (χ4v) is 4.21. The van der Waals surface area contributed by atoms with E-state index in [-0.39, 0.29) is 0 Å². The van der Waals surface area contributed by atoms with E-state index in [9.17, 15) is 0 Å². The van der Waals surface area contributed by atoms with Crippen LogP contribution in [0.5, 0.6) is 0 Å². The standard InChI is InChI=1S/C15H22BrNS/c1-11(2)17-10-12-7-8-15(14(16)9-12)18-13-5-3-4-6-13/h7-9,11,13,17H,3-6,10H2,1-2H3. The van der Waals surface area contributed by atoms with Gasteiger partial charge in [-0.2, -0.15) is 0 Å². The van der Waals surface area contributed by atoms with Gasteiger partial charge in [0, 0.05) is 27.2 Å². The molecule has 100 valence electrons. The van der Waals surface area contributed by atoms with Gasteiger partial charge in [0.1, 0.15) is 0 Å². The first-order valence-corrected chi connectivity index (χ1v) is 8.51. The van der Waals surface area contributed by atoms with E-state index in [1.807, 2.05) is 11.8 Å². The number of nitrogens with one attached hydrogen (secondary N) is 1. The number of hydrogen-bond donors (Lipinski definition) is 1. The van der Waals surface area contributed by atoms with Gasteiger partial charge in [-0.25, -0.2) is 0 Å². The second-order valence-electron chi connectivity index (χ2n) is 5.32. The molecule has 3 heteroatoms. The summed E-state index contributed by atoms with van der Waals surface area (Å²) in [4.78, 5) is 1.40. The summed E-state index contributed by atoms with van der Waals surface area (Å²) in [5.74, 6) is 0. The Balaban J connectivity index is 1.95. The average molecular weight is 328 g/mol. The smallest absolute Gasteiger partial charge is 0.0314 e. The molecular weight excluding hydrogens is 306 g/mol. The van der Waals surface area contributed by atoms with E-state index in [2.05, 4.69) is 53.3 Å². The van der Waals surface area contributed by atoms with Crippen molar-refractivity contribution in [1.29, 1.82) is 0 Å². The molecule has 18 heavy (non-hydrogen) atoms. The molecule has 0 aromatic heterocycles. The molecule has 0 bridgehead atoms. The number of benzene rings is 1. The Bertz CT molecular complexity index is 386. The maximum absolute atomic E-state index is 3.71. The molecule has 1 saturated carbocycles. The zero-order chi connectivity index (χ0) is 13.0. The molecule has 0 unspecified atom stereocenters. The van der Waals surface area contributed by atoms with Crippen molar-refractivity contribution in [3.63, 3.8) is 0 Å². The van der Waals surface area contributed by atoms with Crippen molar-refractivity contribution in [3.05, 3.63) is 28.2 Å². The monoisotopic (exact) mass is 327 g/mol. The summed E-state index contributed by atoms with van der Waals surface area (Å²) >= 11 is 5.76. The number of hydrogen-bond acceptors (Lipinski definition) is 2. The lowest BCUT2D eigenvalue weighted by molar-refractivity contribution is 0.588. The fourth-order valence-electron chi connectivity index (χ4n) is 2.26. The van der Waals surface area contributed by atoms with Gasteiger partial charge in [0.15, 0.2) is 0 Å². The van der Waals surface area contributed by atoms with Crippen LogP contribution in [-0.2, 0) is 6.54 Å². The second-order valence-corrected chi connectivity index (χ2v) is 7.52. The minimum atomic E-state index is 0.538. The molecule has 0 heterocycles. The van der Waals surface area contributed by atoms with Crippen molar-refractivity contribution >= 4 is 27.7 Å². The predicted octanol–water partition coefficient (Wildman–Crippen LogP) is 4.98. The Hall–Kier alpha value is 0.01000. The first-order chi connectivity index (χ1) is 8.65. The lowest BCUT2D eigenvalue weighted by Gasteiger charge is -2.13. The molecule has 1 N–H and O–H groups in total. The Morgan fingerprint density at radius 2 is 2.06 bits per heavy atom. The fraction of sp³-hybridized carbons (Fsp3) is 0.600. The normalized spacial score (nSPS) is 16.7. The van der Waals surface area contributed by atoms with Crippen LogP contribution in [0.3, 0.4) is 0 Å². The quantitative estimate of drug-likeness (QED) is 0.818. The largest absolute Gasteiger partial charge is 0.310 e. The van der Waals surface area contributed by atoms with Gasteiger partial charge in [0.2, 0.25) is 0 Å². The number of halogens is 1. The molecule has 1 nitrogen and oxygen atoms in total. The summed E-state index contributed by atoms with van der Waals surface area (Å²) in [5, 5.41) is 4.29. The highest BCUT2D eigenvalue weighted by Crippen LogP contribution is 2.38. The van der Waals surface area contributed by atoms with E-state index in [1.54, 1.807) is 0 Å². The Morgan fingerprint density at radius 3 is 2.67 bits per heavy atom. The highest BCUT2D eigenvalue weighted by atomic mass is 79.9. The van der Waals surface area contributed by atoms with Gasteiger partial charge in [0.25, 0.3) is 0 Å². The van der Waals surface area contributed by atoms with Crippen LogP contribution in [0.2, 0.25) is 0 Å². The first kappa shape index (κ1) is 14.4. The molecule has 1 aliphatic rings. The molecule has 0 amide bonds. The summed E-state index contributed by atoms with van der Waals surface area (Å²) in [6.45, 7) is 5.31. The van der Waals surface area contributed by atoms with Crippen LogP contribution in [0.1, 0.15) is 45.1 Å². The van der Waals surface area contributed by atoms with Crippen molar-refractivity contribution in [2.75, 3.05) is 0 Å². The van der Waals surface area contributed by atoms with Crippen LogP contribution in [0.4, 0.5) is 0 Å². The Morgan fingerprint density at radius 1 is 1.33 bits per heavy atom. The zero-order valence-electron chi connectivity index (χ0n) is 11.2. The minimum Gasteiger partial charge on any atom is -0.310 e. The Labute approximate surface area is 123 Å². The summed E-state index contributed by atoms with van der Waals surface area (Å²) in [6.07, 6.45) is 5.58. The third kappa shape index (κ3) is 4.29. The maximum atomic E-state index is 3.71. The molecule has 1 aromatic rings. The SMILES string of the molecule is CC(C)NCc1ccc(SC2CCCC2)c(Br)c1. The molecular formula is C15H22BrNS. The van der Waals surface area contributed by atoms with Gasteiger partial charge in [-0.3, -0.25) is 0 Å². The van der Waals surface area contributed by atoms with Gasteiger partial charge in [-0.1, -0.05) is 32.8 Å². The summed E-state index contributed by atoms with van der Waals surface area (Å²) in [5.41, 5.74) is 1.35. The van der Waals surface area contributed by atoms with Crippen LogP contribution in [0.15, 0.2) is 27.6 Å². The third-order valence-corrected chi connectivity index (χ3v) is 5.64. The molecule has 0 spiro atoms. The van der Waals surface area contributed by atoms with Crippen molar-refractivity contribution in [3.8, 4) is 0 Å². The average Bonchev–Trinajstić information content (AvgIpc) is 2.82. The van der Waals surface area contributed by atoms with Crippen molar-refractivity contribution in [1.82, 2.24) is 5.32 Å². The summed E-state index contributed by atoms with van der Waals surface area (Å²) in [6, 6.07) is 7.31. The molecule has 0 atom stereocenters. The lowest BCUT2D eigenvalue weighted by atomic mass is 10.2.